The Hall–Kier alpha value is -3.39. The molecule has 1 fully saturated rings. The predicted molar refractivity (Wildman–Crippen MR) is 116 cm³/mol. The summed E-state index contributed by atoms with van der Waals surface area (Å²) in [6.07, 6.45) is 0.0526. The van der Waals surface area contributed by atoms with Gasteiger partial charge in [-0.05, 0) is 41.5 Å². The van der Waals surface area contributed by atoms with Crippen molar-refractivity contribution in [3.05, 3.63) is 59.7 Å². The van der Waals surface area contributed by atoms with Gasteiger partial charge in [-0.1, -0.05) is 48.5 Å². The van der Waals surface area contributed by atoms with E-state index in [0.717, 1.165) is 29.2 Å². The zero-order valence-electron chi connectivity index (χ0n) is 17.7. The maximum absolute atomic E-state index is 12.2. The number of fused-ring (bicyclic) bond motifs is 3. The van der Waals surface area contributed by atoms with E-state index in [1.807, 2.05) is 24.3 Å². The topological polar surface area (TPSA) is 125 Å². The van der Waals surface area contributed by atoms with Crippen molar-refractivity contribution in [2.24, 2.45) is 11.8 Å². The van der Waals surface area contributed by atoms with Gasteiger partial charge in [-0.3, -0.25) is 4.79 Å². The van der Waals surface area contributed by atoms with Crippen LogP contribution in [0, 0.1) is 11.8 Å². The van der Waals surface area contributed by atoms with Crippen molar-refractivity contribution in [1.29, 1.82) is 0 Å². The van der Waals surface area contributed by atoms with Gasteiger partial charge in [0.2, 0.25) is 5.91 Å². The molecule has 32 heavy (non-hydrogen) atoms. The van der Waals surface area contributed by atoms with Gasteiger partial charge < -0.3 is 25.6 Å². The highest BCUT2D eigenvalue weighted by Gasteiger charge is 2.44. The molecule has 1 saturated carbocycles. The van der Waals surface area contributed by atoms with Crippen molar-refractivity contribution >= 4 is 18.0 Å². The molecule has 2 aliphatic rings. The molecule has 8 heteroatoms. The Morgan fingerprint density at radius 3 is 2.22 bits per heavy atom. The predicted octanol–water partition coefficient (Wildman–Crippen LogP) is 2.11. The highest BCUT2D eigenvalue weighted by Crippen LogP contribution is 2.44. The number of hydrogen-bond acceptors (Lipinski definition) is 5. The number of benzene rings is 2. The van der Waals surface area contributed by atoms with Gasteiger partial charge in [0.1, 0.15) is 6.61 Å². The SMILES string of the molecule is CC(O)(CNC(=O)[C@H]1C[C@H]1CNC(=O)OCC1c2ccccc2-c2ccccc21)C(=O)O. The maximum Gasteiger partial charge on any atom is 0.407 e. The number of alkyl carbamates (subject to hydrolysis) is 1. The van der Waals surface area contributed by atoms with Gasteiger partial charge in [-0.25, -0.2) is 9.59 Å². The van der Waals surface area contributed by atoms with E-state index in [1.165, 1.54) is 0 Å². The fourth-order valence-corrected chi connectivity index (χ4v) is 4.12. The molecule has 0 saturated heterocycles. The molecule has 2 aromatic carbocycles. The monoisotopic (exact) mass is 438 g/mol. The summed E-state index contributed by atoms with van der Waals surface area (Å²) in [5, 5.41) is 23.7. The quantitative estimate of drug-likeness (QED) is 0.500. The number of carboxylic acid groups (broad SMARTS) is 1. The van der Waals surface area contributed by atoms with E-state index in [0.29, 0.717) is 13.0 Å². The molecule has 0 heterocycles. The summed E-state index contributed by atoms with van der Waals surface area (Å²) >= 11 is 0. The lowest BCUT2D eigenvalue weighted by Gasteiger charge is -2.18. The van der Waals surface area contributed by atoms with Crippen LogP contribution in [-0.2, 0) is 14.3 Å². The first-order valence-corrected chi connectivity index (χ1v) is 10.6. The molecule has 8 nitrogen and oxygen atoms in total. The normalized spacial score (nSPS) is 20.4. The highest BCUT2D eigenvalue weighted by atomic mass is 16.5. The number of carbonyl (C=O) groups is 3. The fourth-order valence-electron chi connectivity index (χ4n) is 4.12. The molecule has 0 spiro atoms. The number of ether oxygens (including phenoxy) is 1. The van der Waals surface area contributed by atoms with Crippen molar-refractivity contribution < 1.29 is 29.3 Å². The minimum Gasteiger partial charge on any atom is -0.479 e. The van der Waals surface area contributed by atoms with Crippen LogP contribution < -0.4 is 10.6 Å². The number of nitrogens with one attached hydrogen (secondary N) is 2. The standard InChI is InChI=1S/C24H26N2O6/c1-24(31,22(28)29)13-26-21(27)19-10-14(19)11-25-23(30)32-12-20-17-8-4-2-6-15(17)16-7-3-5-9-18(16)20/h2-9,14,19-20,31H,10-13H2,1H3,(H,25,30)(H,26,27)(H,28,29)/t14-,19-,24?/m0/s1. The van der Waals surface area contributed by atoms with Crippen molar-refractivity contribution in [2.75, 3.05) is 19.7 Å². The zero-order chi connectivity index (χ0) is 22.9. The van der Waals surface area contributed by atoms with Gasteiger partial charge in [-0.15, -0.1) is 0 Å². The molecule has 1 unspecified atom stereocenters. The third-order valence-corrected chi connectivity index (χ3v) is 6.18. The molecule has 168 valence electrons. The molecular formula is C24H26N2O6. The lowest BCUT2D eigenvalue weighted by Crippen LogP contribution is -2.47. The van der Waals surface area contributed by atoms with Crippen LogP contribution in [0.5, 0.6) is 0 Å². The van der Waals surface area contributed by atoms with Crippen LogP contribution in [0.2, 0.25) is 0 Å². The van der Waals surface area contributed by atoms with Crippen molar-refractivity contribution in [1.82, 2.24) is 10.6 Å². The summed E-state index contributed by atoms with van der Waals surface area (Å²) in [6.45, 7) is 1.27. The van der Waals surface area contributed by atoms with E-state index in [1.54, 1.807) is 0 Å². The lowest BCUT2D eigenvalue weighted by molar-refractivity contribution is -0.156. The second kappa shape index (κ2) is 8.63. The van der Waals surface area contributed by atoms with Gasteiger partial charge in [0, 0.05) is 18.4 Å². The van der Waals surface area contributed by atoms with Gasteiger partial charge >= 0.3 is 12.1 Å². The largest absolute Gasteiger partial charge is 0.479 e. The Balaban J connectivity index is 1.23. The Morgan fingerprint density at radius 1 is 1.03 bits per heavy atom. The smallest absolute Gasteiger partial charge is 0.407 e. The van der Waals surface area contributed by atoms with E-state index >= 15 is 0 Å². The minimum atomic E-state index is -2.01. The number of rotatable bonds is 8. The maximum atomic E-state index is 12.2. The van der Waals surface area contributed by atoms with E-state index in [2.05, 4.69) is 34.9 Å². The van der Waals surface area contributed by atoms with Gasteiger partial charge in [0.05, 0.1) is 6.54 Å². The molecule has 0 bridgehead atoms. The third kappa shape index (κ3) is 4.45. The summed E-state index contributed by atoms with van der Waals surface area (Å²) in [7, 11) is 0. The summed E-state index contributed by atoms with van der Waals surface area (Å²) < 4.78 is 5.48. The lowest BCUT2D eigenvalue weighted by atomic mass is 9.98. The molecule has 2 aliphatic carbocycles. The van der Waals surface area contributed by atoms with Crippen LogP contribution in [0.3, 0.4) is 0 Å². The molecule has 0 aromatic heterocycles. The van der Waals surface area contributed by atoms with E-state index in [4.69, 9.17) is 9.84 Å². The van der Waals surface area contributed by atoms with Crippen LogP contribution in [-0.4, -0.2) is 53.5 Å². The number of hydrogen-bond donors (Lipinski definition) is 4. The number of carboxylic acids is 1. The molecule has 0 radical (unpaired) electrons. The molecule has 0 aliphatic heterocycles. The van der Waals surface area contributed by atoms with E-state index in [9.17, 15) is 19.5 Å². The molecule has 2 aromatic rings. The average Bonchev–Trinajstić information content (AvgIpc) is 3.50. The number of aliphatic hydroxyl groups is 1. The van der Waals surface area contributed by atoms with Crippen molar-refractivity contribution in [3.63, 3.8) is 0 Å². The highest BCUT2D eigenvalue weighted by molar-refractivity contribution is 5.83. The summed E-state index contributed by atoms with van der Waals surface area (Å²) in [6, 6.07) is 16.2. The van der Waals surface area contributed by atoms with Gasteiger partial charge in [0.25, 0.3) is 0 Å². The van der Waals surface area contributed by atoms with Crippen LogP contribution in [0.1, 0.15) is 30.4 Å². The molecule has 3 atom stereocenters. The summed E-state index contributed by atoms with van der Waals surface area (Å²) in [4.78, 5) is 35.2. The Labute approximate surface area is 185 Å². The zero-order valence-corrected chi connectivity index (χ0v) is 17.7. The van der Waals surface area contributed by atoms with Crippen molar-refractivity contribution in [2.45, 2.75) is 24.9 Å². The van der Waals surface area contributed by atoms with Crippen LogP contribution in [0.25, 0.3) is 11.1 Å². The first-order chi connectivity index (χ1) is 15.3. The summed E-state index contributed by atoms with van der Waals surface area (Å²) in [5.41, 5.74) is 2.58. The second-order valence-electron chi connectivity index (χ2n) is 8.61. The molecule has 2 amide bonds. The van der Waals surface area contributed by atoms with E-state index in [-0.39, 0.29) is 36.8 Å². The van der Waals surface area contributed by atoms with E-state index < -0.39 is 17.7 Å². The van der Waals surface area contributed by atoms with Crippen LogP contribution in [0.4, 0.5) is 4.79 Å². The average molecular weight is 438 g/mol. The van der Waals surface area contributed by atoms with Gasteiger partial charge in [-0.2, -0.15) is 0 Å². The Bertz CT molecular complexity index is 1000. The molecule has 4 N–H and O–H groups in total. The summed E-state index contributed by atoms with van der Waals surface area (Å²) in [5.74, 6) is -2.10. The first kappa shape index (κ1) is 21.8. The van der Waals surface area contributed by atoms with Gasteiger partial charge in [0.15, 0.2) is 5.60 Å². The fraction of sp³-hybridized carbons (Fsp3) is 0.375. The molecule has 4 rings (SSSR count). The second-order valence-corrected chi connectivity index (χ2v) is 8.61. The van der Waals surface area contributed by atoms with Crippen molar-refractivity contribution in [3.8, 4) is 11.1 Å². The minimum absolute atomic E-state index is 0.0189. The number of amides is 2. The Kier molecular flexibility index (Phi) is 5.88. The van der Waals surface area contributed by atoms with Crippen LogP contribution >= 0.6 is 0 Å². The Morgan fingerprint density at radius 2 is 1.62 bits per heavy atom. The molecular weight excluding hydrogens is 412 g/mol. The van der Waals surface area contributed by atoms with Crippen LogP contribution in [0.15, 0.2) is 48.5 Å². The third-order valence-electron chi connectivity index (χ3n) is 6.18. The number of carbonyl (C=O) groups excluding carboxylic acids is 2. The first-order valence-electron chi connectivity index (χ1n) is 10.6. The number of aliphatic carboxylic acids is 1.